The summed E-state index contributed by atoms with van der Waals surface area (Å²) in [6, 6.07) is 5.86. The van der Waals surface area contributed by atoms with Gasteiger partial charge in [0.2, 0.25) is 5.91 Å². The van der Waals surface area contributed by atoms with E-state index in [1.54, 1.807) is 4.90 Å². The fourth-order valence-electron chi connectivity index (χ4n) is 2.29. The lowest BCUT2D eigenvalue weighted by atomic mass is 10.1. The van der Waals surface area contributed by atoms with E-state index in [1.807, 2.05) is 6.07 Å². The van der Waals surface area contributed by atoms with Crippen LogP contribution in [0.5, 0.6) is 5.75 Å². The first-order valence-corrected chi connectivity index (χ1v) is 7.21. The van der Waals surface area contributed by atoms with Gasteiger partial charge in [0.15, 0.2) is 5.78 Å². The van der Waals surface area contributed by atoms with Gasteiger partial charge in [-0.25, -0.2) is 4.39 Å². The van der Waals surface area contributed by atoms with Crippen molar-refractivity contribution >= 4 is 11.7 Å². The zero-order valence-electron chi connectivity index (χ0n) is 12.8. The minimum atomic E-state index is -0.634. The normalized spacial score (nSPS) is 17.4. The summed E-state index contributed by atoms with van der Waals surface area (Å²) >= 11 is 0. The topological polar surface area (TPSA) is 79.6 Å². The summed E-state index contributed by atoms with van der Waals surface area (Å²) < 4.78 is 24.7. The molecule has 0 aromatic heterocycles. The number of hydrogen-bond acceptors (Lipinski definition) is 5. The number of carbonyl (C=O) groups is 2. The second-order valence-electron chi connectivity index (χ2n) is 5.18. The molecule has 7 heteroatoms. The van der Waals surface area contributed by atoms with Gasteiger partial charge < -0.3 is 14.4 Å². The molecule has 0 bridgehead atoms. The van der Waals surface area contributed by atoms with Crippen LogP contribution in [0.2, 0.25) is 0 Å². The zero-order chi connectivity index (χ0) is 16.8. The number of nitriles is 1. The number of halogens is 1. The Hall–Kier alpha value is -2.46. The SMILES string of the molecule is CC(=O)c1ccc(OCC2CN(C(=O)CC#N)CCO2)cc1F. The second-order valence-corrected chi connectivity index (χ2v) is 5.18. The van der Waals surface area contributed by atoms with Gasteiger partial charge in [0.1, 0.15) is 30.7 Å². The van der Waals surface area contributed by atoms with E-state index in [4.69, 9.17) is 14.7 Å². The molecule has 0 spiro atoms. The number of rotatable bonds is 5. The van der Waals surface area contributed by atoms with Crippen LogP contribution in [0.4, 0.5) is 4.39 Å². The van der Waals surface area contributed by atoms with Crippen LogP contribution in [0.3, 0.4) is 0 Å². The van der Waals surface area contributed by atoms with Crippen LogP contribution in [0.15, 0.2) is 18.2 Å². The van der Waals surface area contributed by atoms with Crippen LogP contribution in [0, 0.1) is 17.1 Å². The van der Waals surface area contributed by atoms with Crippen molar-refractivity contribution < 1.29 is 23.5 Å². The first-order valence-electron chi connectivity index (χ1n) is 7.21. The zero-order valence-corrected chi connectivity index (χ0v) is 12.8. The minimum Gasteiger partial charge on any atom is -0.491 e. The number of amides is 1. The maximum absolute atomic E-state index is 13.7. The average Bonchev–Trinajstić information content (AvgIpc) is 2.53. The number of Topliss-reactive ketones (excluding diaryl/α,β-unsaturated/α-hetero) is 1. The molecule has 1 aromatic rings. The van der Waals surface area contributed by atoms with E-state index in [-0.39, 0.29) is 42.1 Å². The molecule has 0 radical (unpaired) electrons. The van der Waals surface area contributed by atoms with Crippen molar-refractivity contribution in [3.05, 3.63) is 29.6 Å². The number of morpholine rings is 1. The van der Waals surface area contributed by atoms with E-state index < -0.39 is 5.82 Å². The molecule has 2 rings (SSSR count). The summed E-state index contributed by atoms with van der Waals surface area (Å²) in [7, 11) is 0. The van der Waals surface area contributed by atoms with Crippen molar-refractivity contribution in [2.45, 2.75) is 19.4 Å². The van der Waals surface area contributed by atoms with Gasteiger partial charge in [-0.1, -0.05) is 0 Å². The Morgan fingerprint density at radius 3 is 2.96 bits per heavy atom. The maximum Gasteiger partial charge on any atom is 0.236 e. The summed E-state index contributed by atoms with van der Waals surface area (Å²) in [6.07, 6.45) is -0.507. The van der Waals surface area contributed by atoms with Crippen LogP contribution in [0.25, 0.3) is 0 Å². The Bertz CT molecular complexity index is 641. The van der Waals surface area contributed by atoms with Gasteiger partial charge in [-0.3, -0.25) is 9.59 Å². The first-order chi connectivity index (χ1) is 11.0. The molecular formula is C16H17FN2O4. The molecule has 1 heterocycles. The van der Waals surface area contributed by atoms with Gasteiger partial charge in [-0.05, 0) is 19.1 Å². The lowest BCUT2D eigenvalue weighted by Crippen LogP contribution is -2.47. The third-order valence-corrected chi connectivity index (χ3v) is 3.48. The lowest BCUT2D eigenvalue weighted by molar-refractivity contribution is -0.138. The summed E-state index contributed by atoms with van der Waals surface area (Å²) in [5.41, 5.74) is 0.0135. The highest BCUT2D eigenvalue weighted by atomic mass is 19.1. The van der Waals surface area contributed by atoms with Crippen molar-refractivity contribution in [3.8, 4) is 11.8 Å². The summed E-state index contributed by atoms with van der Waals surface area (Å²) in [5.74, 6) is -0.934. The Morgan fingerprint density at radius 1 is 1.52 bits per heavy atom. The smallest absolute Gasteiger partial charge is 0.236 e. The van der Waals surface area contributed by atoms with Gasteiger partial charge in [0.05, 0.1) is 24.8 Å². The summed E-state index contributed by atoms with van der Waals surface area (Å²) in [6.45, 7) is 2.58. The van der Waals surface area contributed by atoms with Crippen molar-refractivity contribution in [2.24, 2.45) is 0 Å². The summed E-state index contributed by atoms with van der Waals surface area (Å²) in [4.78, 5) is 24.4. The molecule has 1 saturated heterocycles. The van der Waals surface area contributed by atoms with E-state index in [1.165, 1.54) is 19.1 Å². The predicted octanol–water partition coefficient (Wildman–Crippen LogP) is 1.55. The Kier molecular flexibility index (Phi) is 5.66. The molecule has 1 amide bonds. The monoisotopic (exact) mass is 320 g/mol. The number of benzene rings is 1. The van der Waals surface area contributed by atoms with Crippen LogP contribution < -0.4 is 4.74 Å². The third-order valence-electron chi connectivity index (χ3n) is 3.48. The Morgan fingerprint density at radius 2 is 2.30 bits per heavy atom. The van der Waals surface area contributed by atoms with Crippen molar-refractivity contribution in [2.75, 3.05) is 26.3 Å². The third kappa shape index (κ3) is 4.50. The van der Waals surface area contributed by atoms with E-state index >= 15 is 0 Å². The van der Waals surface area contributed by atoms with E-state index in [2.05, 4.69) is 0 Å². The highest BCUT2D eigenvalue weighted by Gasteiger charge is 2.24. The fourth-order valence-corrected chi connectivity index (χ4v) is 2.29. The number of ketones is 1. The minimum absolute atomic E-state index is 0.0135. The van der Waals surface area contributed by atoms with Crippen molar-refractivity contribution in [1.82, 2.24) is 4.90 Å². The number of hydrogen-bond donors (Lipinski definition) is 0. The highest BCUT2D eigenvalue weighted by molar-refractivity contribution is 5.94. The van der Waals surface area contributed by atoms with Crippen LogP contribution in [0.1, 0.15) is 23.7 Å². The fraction of sp³-hybridized carbons (Fsp3) is 0.438. The second kappa shape index (κ2) is 7.70. The summed E-state index contributed by atoms with van der Waals surface area (Å²) in [5, 5.41) is 8.56. The lowest BCUT2D eigenvalue weighted by Gasteiger charge is -2.32. The molecule has 0 aliphatic carbocycles. The largest absolute Gasteiger partial charge is 0.491 e. The molecule has 122 valence electrons. The maximum atomic E-state index is 13.7. The molecule has 6 nitrogen and oxygen atoms in total. The molecule has 1 aromatic carbocycles. The van der Waals surface area contributed by atoms with E-state index in [0.717, 1.165) is 6.07 Å². The molecule has 0 saturated carbocycles. The van der Waals surface area contributed by atoms with Crippen molar-refractivity contribution in [3.63, 3.8) is 0 Å². The van der Waals surface area contributed by atoms with E-state index in [0.29, 0.717) is 19.7 Å². The Balaban J connectivity index is 1.90. The quantitative estimate of drug-likeness (QED) is 0.769. The molecule has 1 atom stereocenters. The van der Waals surface area contributed by atoms with Gasteiger partial charge in [0.25, 0.3) is 0 Å². The van der Waals surface area contributed by atoms with Gasteiger partial charge in [0, 0.05) is 12.6 Å². The van der Waals surface area contributed by atoms with Crippen LogP contribution in [-0.2, 0) is 9.53 Å². The molecule has 23 heavy (non-hydrogen) atoms. The Labute approximate surface area is 133 Å². The van der Waals surface area contributed by atoms with Crippen molar-refractivity contribution in [1.29, 1.82) is 5.26 Å². The number of ether oxygens (including phenoxy) is 2. The molecule has 1 aliphatic heterocycles. The number of carbonyl (C=O) groups excluding carboxylic acids is 2. The molecule has 0 N–H and O–H groups in total. The number of nitrogens with zero attached hydrogens (tertiary/aromatic N) is 2. The van der Waals surface area contributed by atoms with Gasteiger partial charge in [-0.15, -0.1) is 0 Å². The van der Waals surface area contributed by atoms with Gasteiger partial charge in [-0.2, -0.15) is 5.26 Å². The molecule has 1 unspecified atom stereocenters. The van der Waals surface area contributed by atoms with Crippen LogP contribution >= 0.6 is 0 Å². The van der Waals surface area contributed by atoms with Crippen LogP contribution in [-0.4, -0.2) is 49.0 Å². The average molecular weight is 320 g/mol. The van der Waals surface area contributed by atoms with E-state index in [9.17, 15) is 14.0 Å². The van der Waals surface area contributed by atoms with Gasteiger partial charge >= 0.3 is 0 Å². The molecular weight excluding hydrogens is 303 g/mol. The molecule has 1 fully saturated rings. The first kappa shape index (κ1) is 16.9. The predicted molar refractivity (Wildman–Crippen MR) is 78.4 cm³/mol. The highest BCUT2D eigenvalue weighted by Crippen LogP contribution is 2.18. The standard InChI is InChI=1S/C16H17FN2O4/c1-11(20)14-3-2-12(8-15(14)17)23-10-13-9-19(6-7-22-13)16(21)4-5-18/h2-3,8,13H,4,6-7,9-10H2,1H3. The molecule has 1 aliphatic rings.